The number of allylic oxidation sites excluding steroid dienone is 6. The molecule has 3 atom stereocenters. The monoisotopic (exact) mass is 1500 g/mol. The summed E-state index contributed by atoms with van der Waals surface area (Å²) in [6.07, 6.45) is 16.8. The fourth-order valence-electron chi connectivity index (χ4n) is 15.2. The Morgan fingerprint density at radius 1 is 0.518 bits per heavy atom. The second-order valence-electron chi connectivity index (χ2n) is 27.8. The number of halogens is 3. The number of aryl methyl sites for hydroxylation is 2. The first-order chi connectivity index (χ1) is 53.0. The van der Waals surface area contributed by atoms with Crippen molar-refractivity contribution >= 4 is 69.4 Å². The molecule has 3 aromatic heterocycles. The topological polar surface area (TPSA) is 252 Å². The van der Waals surface area contributed by atoms with Crippen LogP contribution in [-0.4, -0.2) is 104 Å². The maximum absolute atomic E-state index is 14.7. The first kappa shape index (κ1) is 77.6. The van der Waals surface area contributed by atoms with E-state index in [4.69, 9.17) is 43.0 Å². The third-order valence-electron chi connectivity index (χ3n) is 21.0. The molecule has 572 valence electrons. The molecule has 6 aromatic carbocycles. The molecule has 5 aliphatic rings. The van der Waals surface area contributed by atoms with Gasteiger partial charge in [0.25, 0.3) is 0 Å². The molecule has 9 aromatic rings. The molecule has 1 saturated heterocycles. The summed E-state index contributed by atoms with van der Waals surface area (Å²) >= 11 is 0. The van der Waals surface area contributed by atoms with Gasteiger partial charge in [-0.1, -0.05) is 31.0 Å². The van der Waals surface area contributed by atoms with Crippen LogP contribution < -0.4 is 44.8 Å². The molecule has 3 unspecified atom stereocenters. The number of amides is 3. The summed E-state index contributed by atoms with van der Waals surface area (Å²) in [5.74, 6) is 0.522. The van der Waals surface area contributed by atoms with Crippen LogP contribution in [0.15, 0.2) is 172 Å². The van der Waals surface area contributed by atoms with Crippen LogP contribution in [-0.2, 0) is 40.9 Å². The molecular formula is C88H90F3N5O14. The number of furan rings is 2. The van der Waals surface area contributed by atoms with E-state index in [2.05, 4.69) is 15.5 Å². The van der Waals surface area contributed by atoms with Crippen LogP contribution in [0.3, 0.4) is 0 Å². The fourth-order valence-corrected chi connectivity index (χ4v) is 15.2. The van der Waals surface area contributed by atoms with Crippen LogP contribution in [0, 0.1) is 35.2 Å². The summed E-state index contributed by atoms with van der Waals surface area (Å²) in [5, 5.41) is 37.1. The number of methoxy groups -OCH3 is 6. The number of primary amides is 1. The van der Waals surface area contributed by atoms with E-state index in [0.29, 0.717) is 60.7 Å². The lowest BCUT2D eigenvalue weighted by atomic mass is 9.87. The normalized spacial score (nSPS) is 16.2. The van der Waals surface area contributed by atoms with E-state index in [1.54, 1.807) is 79.3 Å². The Balaban J connectivity index is 0.000000154. The molecule has 3 amide bonds. The number of nitrogens with zero attached hydrogens (tertiary/aromatic N) is 2. The smallest absolute Gasteiger partial charge is 0.242 e. The number of aromatic nitrogens is 1. The van der Waals surface area contributed by atoms with Crippen molar-refractivity contribution in [2.45, 2.75) is 84.8 Å². The zero-order chi connectivity index (χ0) is 78.2. The Bertz CT molecular complexity index is 5070. The Hall–Kier alpha value is -12.0. The van der Waals surface area contributed by atoms with Crippen LogP contribution in [0.4, 0.5) is 13.2 Å². The van der Waals surface area contributed by atoms with Crippen LogP contribution in [0.2, 0.25) is 0 Å². The molecule has 14 rings (SSSR count). The average molecular weight is 1500 g/mol. The third kappa shape index (κ3) is 16.7. The molecule has 0 spiro atoms. The number of aromatic hydroxyl groups is 3. The lowest BCUT2D eigenvalue weighted by molar-refractivity contribution is -0.125. The van der Waals surface area contributed by atoms with Crippen molar-refractivity contribution in [3.05, 3.63) is 248 Å². The van der Waals surface area contributed by atoms with Gasteiger partial charge in [0.15, 0.2) is 34.5 Å². The predicted molar refractivity (Wildman–Crippen MR) is 417 cm³/mol. The molecule has 0 bridgehead atoms. The molecule has 7 N–H and O–H groups in total. The number of hydrogen-bond acceptors (Lipinski definition) is 15. The van der Waals surface area contributed by atoms with Crippen molar-refractivity contribution in [1.82, 2.24) is 20.1 Å². The maximum atomic E-state index is 14.7. The van der Waals surface area contributed by atoms with E-state index in [1.165, 1.54) is 79.1 Å². The third-order valence-corrected chi connectivity index (χ3v) is 21.0. The van der Waals surface area contributed by atoms with E-state index < -0.39 is 29.6 Å². The highest BCUT2D eigenvalue weighted by atomic mass is 19.1. The van der Waals surface area contributed by atoms with E-state index >= 15 is 0 Å². The first-order valence-corrected chi connectivity index (χ1v) is 36.3. The van der Waals surface area contributed by atoms with Crippen LogP contribution in [0.5, 0.6) is 51.7 Å². The molecule has 0 radical (unpaired) electrons. The van der Waals surface area contributed by atoms with E-state index in [9.17, 15) is 42.9 Å². The summed E-state index contributed by atoms with van der Waals surface area (Å²) in [7, 11) is 10.8. The number of nitrogens with one attached hydrogen (secondary N) is 2. The minimum absolute atomic E-state index is 0.0759. The summed E-state index contributed by atoms with van der Waals surface area (Å²) in [6.45, 7) is 8.17. The number of nitrogens with two attached hydrogens (primary N) is 1. The second kappa shape index (κ2) is 34.0. The van der Waals surface area contributed by atoms with Gasteiger partial charge in [-0.2, -0.15) is 0 Å². The number of fused-ring (bicyclic) bond motifs is 3. The first-order valence-electron chi connectivity index (χ1n) is 36.3. The van der Waals surface area contributed by atoms with Crippen molar-refractivity contribution in [3.8, 4) is 51.7 Å². The summed E-state index contributed by atoms with van der Waals surface area (Å²) in [5.41, 5.74) is 21.3. The molecule has 2 fully saturated rings. The standard InChI is InChI=1S/C31H34FN3O4.C30H30FNO5.C27H26FNO5/c1-19-24(14-20-15-26(38-3)30(36)27(16-20)39-4)23-10-9-21(32)17-25(23)28(19)29(35-12-5-6-13-35)31(37)33-18-22-8-7-11-34(22)2;1-17-23(12-19-13-26(35-2)29(33)27(14-19)36-3)22-9-8-20(31)15-24(22)28(17)25(11-18-6-7-18)30(34)32-16-21-5-4-10-37-21;1-15-21(11-16-12-23(32-2)26(30)24(13-16)33-3)19-8-6-17(28)14-22(19)25(15)20(27(29)31)9-7-18-5-4-10-34-18/h7-11,14-17,29,36H,5-6,12-13,18H2,1-4H3,(H,33,37);4-5,8-10,12-15,18,25,33H,6-7,11,16H2,1-3H3,(H,32,34);4-6,8,10-14,20,30H,7,9H2,1-3H3,(H2,29,31)/b24-14-;23-12-;21-11-. The summed E-state index contributed by atoms with van der Waals surface area (Å²) < 4.78 is 88.1. The molecule has 1 aliphatic heterocycles. The Morgan fingerprint density at radius 3 is 1.30 bits per heavy atom. The summed E-state index contributed by atoms with van der Waals surface area (Å²) in [6, 6.07) is 34.9. The minimum atomic E-state index is -0.625. The average Bonchev–Trinajstić information content (AvgIpc) is 1.61. The highest BCUT2D eigenvalue weighted by Gasteiger charge is 2.41. The molecule has 4 heterocycles. The Morgan fingerprint density at radius 2 is 0.918 bits per heavy atom. The number of hydrogen-bond donors (Lipinski definition) is 6. The molecular weight excluding hydrogens is 1410 g/mol. The molecule has 4 aliphatic carbocycles. The summed E-state index contributed by atoms with van der Waals surface area (Å²) in [4.78, 5) is 42.1. The molecule has 1 saturated carbocycles. The Labute approximate surface area is 637 Å². The maximum Gasteiger partial charge on any atom is 0.242 e. The number of likely N-dealkylation sites (tertiary alicyclic amines) is 1. The number of phenols is 3. The Kier molecular flexibility index (Phi) is 24.0. The van der Waals surface area contributed by atoms with Crippen molar-refractivity contribution < 1.29 is 80.1 Å². The van der Waals surface area contributed by atoms with Gasteiger partial charge < -0.3 is 73.5 Å². The van der Waals surface area contributed by atoms with Crippen molar-refractivity contribution in [3.63, 3.8) is 0 Å². The van der Waals surface area contributed by atoms with Gasteiger partial charge in [-0.25, -0.2) is 13.2 Å². The molecule has 110 heavy (non-hydrogen) atoms. The van der Waals surface area contributed by atoms with Crippen molar-refractivity contribution in [2.75, 3.05) is 55.7 Å². The SMILES string of the molecule is COc1cc(/C=C2/C(C)=C(C(C(=O)NCc3cccn3C)N3CCCC3)c3cc(F)ccc32)cc(OC)c1O.COc1cc(/C=C2/C(C)=C(C(CC3CC3)C(=O)NCc3ccco3)c3cc(F)ccc32)cc(OC)c1O.COc1cc(/C=C2/C(C)=C(C(CCc3ccco3)C(N)=O)c3cc(F)ccc32)cc(OC)c1O. The predicted octanol–water partition coefficient (Wildman–Crippen LogP) is 16.4. The van der Waals surface area contributed by atoms with E-state index in [-0.39, 0.29) is 75.2 Å². The van der Waals surface area contributed by atoms with E-state index in [1.807, 2.05) is 81.1 Å². The highest BCUT2D eigenvalue weighted by Crippen LogP contribution is 2.53. The highest BCUT2D eigenvalue weighted by molar-refractivity contribution is 6.13. The number of carbonyl (C=O) groups is 3. The number of carbonyl (C=O) groups excluding carboxylic acids is 3. The lowest BCUT2D eigenvalue weighted by Crippen LogP contribution is -2.46. The van der Waals surface area contributed by atoms with Gasteiger partial charge in [0.2, 0.25) is 35.0 Å². The molecule has 19 nitrogen and oxygen atoms in total. The minimum Gasteiger partial charge on any atom is -0.502 e. The zero-order valence-corrected chi connectivity index (χ0v) is 63.1. The largest absolute Gasteiger partial charge is 0.502 e. The van der Waals surface area contributed by atoms with Gasteiger partial charge in [-0.05, 0) is 293 Å². The number of rotatable bonds is 25. The van der Waals surface area contributed by atoms with Crippen LogP contribution >= 0.6 is 0 Å². The molecule has 22 heteroatoms. The zero-order valence-electron chi connectivity index (χ0n) is 63.1. The fraction of sp³-hybridized carbons (Fsp3) is 0.284. The number of benzene rings is 6. The van der Waals surface area contributed by atoms with Gasteiger partial charge >= 0.3 is 0 Å². The van der Waals surface area contributed by atoms with Gasteiger partial charge in [0.1, 0.15) is 35.0 Å². The van der Waals surface area contributed by atoms with Crippen LogP contribution in [0.25, 0.3) is 51.7 Å². The van der Waals surface area contributed by atoms with Crippen molar-refractivity contribution in [1.29, 1.82) is 0 Å². The van der Waals surface area contributed by atoms with Gasteiger partial charge in [0, 0.05) is 25.4 Å². The van der Waals surface area contributed by atoms with Gasteiger partial charge in [-0.15, -0.1) is 0 Å². The second-order valence-corrected chi connectivity index (χ2v) is 27.8. The number of ether oxygens (including phenoxy) is 6. The van der Waals surface area contributed by atoms with E-state index in [0.717, 1.165) is 134 Å². The quantitative estimate of drug-likeness (QED) is 0.0311. The number of phenolic OH excluding ortho intramolecular Hbond substituents is 3. The van der Waals surface area contributed by atoms with Crippen LogP contribution in [0.1, 0.15) is 127 Å². The van der Waals surface area contributed by atoms with Crippen molar-refractivity contribution in [2.24, 2.45) is 30.5 Å². The van der Waals surface area contributed by atoms with Gasteiger partial charge in [-0.3, -0.25) is 19.3 Å². The lowest BCUT2D eigenvalue weighted by Gasteiger charge is -2.29. The van der Waals surface area contributed by atoms with Gasteiger partial charge in [0.05, 0.1) is 80.1 Å².